The summed E-state index contributed by atoms with van der Waals surface area (Å²) in [6.07, 6.45) is 3.62. The van der Waals surface area contributed by atoms with Gasteiger partial charge in [0.15, 0.2) is 0 Å². The van der Waals surface area contributed by atoms with Crippen LogP contribution >= 0.6 is 0 Å². The van der Waals surface area contributed by atoms with Gasteiger partial charge in [0.2, 0.25) is 0 Å². The Balaban J connectivity index is 2.11. The average molecular weight is 252 g/mol. The molecule has 6 nitrogen and oxygen atoms in total. The molecule has 1 unspecified atom stereocenters. The van der Waals surface area contributed by atoms with E-state index in [1.54, 1.807) is 6.33 Å². The normalized spacial score (nSPS) is 21.4. The first-order valence-corrected chi connectivity index (χ1v) is 6.28. The van der Waals surface area contributed by atoms with Crippen LogP contribution in [0.4, 0.5) is 0 Å². The van der Waals surface area contributed by atoms with Gasteiger partial charge in [-0.25, -0.2) is 4.98 Å². The van der Waals surface area contributed by atoms with Crippen LogP contribution in [0.5, 0.6) is 0 Å². The molecule has 100 valence electrons. The number of rotatable bonds is 4. The largest absolute Gasteiger partial charge is 0.480 e. The molecule has 1 fully saturated rings. The van der Waals surface area contributed by atoms with Crippen LogP contribution in [0.2, 0.25) is 0 Å². The number of nitrogens with zero attached hydrogens (tertiary/aromatic N) is 3. The maximum atomic E-state index is 11.2. The number of carboxylic acids is 1. The van der Waals surface area contributed by atoms with Crippen molar-refractivity contribution < 1.29 is 9.90 Å². The van der Waals surface area contributed by atoms with Gasteiger partial charge in [-0.3, -0.25) is 9.69 Å². The van der Waals surface area contributed by atoms with E-state index >= 15 is 0 Å². The second-order valence-electron chi connectivity index (χ2n) is 4.91. The summed E-state index contributed by atoms with van der Waals surface area (Å²) in [5.41, 5.74) is 1.07. The lowest BCUT2D eigenvalue weighted by Gasteiger charge is -2.33. The second kappa shape index (κ2) is 5.49. The number of carbonyl (C=O) groups is 1. The summed E-state index contributed by atoms with van der Waals surface area (Å²) in [4.78, 5) is 17.4. The molecule has 0 aliphatic carbocycles. The van der Waals surface area contributed by atoms with Gasteiger partial charge < -0.3 is 15.0 Å². The highest BCUT2D eigenvalue weighted by molar-refractivity contribution is 5.73. The fourth-order valence-corrected chi connectivity index (χ4v) is 2.31. The summed E-state index contributed by atoms with van der Waals surface area (Å²) in [5, 5.41) is 12.3. The van der Waals surface area contributed by atoms with Crippen molar-refractivity contribution in [3.8, 4) is 0 Å². The molecule has 6 heteroatoms. The first-order valence-electron chi connectivity index (χ1n) is 6.28. The van der Waals surface area contributed by atoms with E-state index in [1.165, 1.54) is 0 Å². The number of aliphatic carboxylic acids is 1. The molecule has 1 aromatic rings. The molecule has 1 aliphatic heterocycles. The first kappa shape index (κ1) is 13.0. The average Bonchev–Trinajstić information content (AvgIpc) is 2.77. The molecule has 0 amide bonds. The topological polar surface area (TPSA) is 70.4 Å². The van der Waals surface area contributed by atoms with Crippen LogP contribution in [0.1, 0.15) is 25.6 Å². The van der Waals surface area contributed by atoms with Crippen molar-refractivity contribution >= 4 is 5.97 Å². The minimum Gasteiger partial charge on any atom is -0.480 e. The molecule has 0 radical (unpaired) electrons. The summed E-state index contributed by atoms with van der Waals surface area (Å²) in [5.74, 6) is -0.766. The summed E-state index contributed by atoms with van der Waals surface area (Å²) in [7, 11) is 0. The summed E-state index contributed by atoms with van der Waals surface area (Å²) in [6.45, 7) is 6.91. The van der Waals surface area contributed by atoms with Gasteiger partial charge in [0, 0.05) is 38.4 Å². The molecule has 0 bridgehead atoms. The van der Waals surface area contributed by atoms with Crippen LogP contribution in [0.25, 0.3) is 0 Å². The zero-order valence-electron chi connectivity index (χ0n) is 10.8. The Labute approximate surface area is 107 Å². The van der Waals surface area contributed by atoms with E-state index in [0.29, 0.717) is 19.1 Å². The summed E-state index contributed by atoms with van der Waals surface area (Å²) >= 11 is 0. The van der Waals surface area contributed by atoms with Crippen LogP contribution < -0.4 is 5.32 Å². The molecule has 1 saturated heterocycles. The molecule has 2 rings (SSSR count). The van der Waals surface area contributed by atoms with E-state index in [2.05, 4.69) is 28.7 Å². The van der Waals surface area contributed by atoms with Crippen LogP contribution in [-0.4, -0.2) is 51.2 Å². The molecule has 0 aromatic carbocycles. The Hall–Kier alpha value is -1.40. The Kier molecular flexibility index (Phi) is 3.98. The van der Waals surface area contributed by atoms with Crippen molar-refractivity contribution in [2.45, 2.75) is 32.5 Å². The smallest absolute Gasteiger partial charge is 0.322 e. The molecular formula is C12H20N4O2. The van der Waals surface area contributed by atoms with Crippen LogP contribution in [0, 0.1) is 0 Å². The van der Waals surface area contributed by atoms with Crippen molar-refractivity contribution in [2.24, 2.45) is 0 Å². The van der Waals surface area contributed by atoms with Crippen molar-refractivity contribution in [3.05, 3.63) is 18.2 Å². The van der Waals surface area contributed by atoms with Gasteiger partial charge in [-0.1, -0.05) is 0 Å². The van der Waals surface area contributed by atoms with E-state index in [4.69, 9.17) is 0 Å². The summed E-state index contributed by atoms with van der Waals surface area (Å²) < 4.78 is 2.08. The van der Waals surface area contributed by atoms with Crippen LogP contribution in [0.3, 0.4) is 0 Å². The predicted octanol–water partition coefficient (Wildman–Crippen LogP) is 0.322. The monoisotopic (exact) mass is 252 g/mol. The lowest BCUT2D eigenvalue weighted by molar-refractivity contribution is -0.144. The molecule has 1 atom stereocenters. The SMILES string of the molecule is CC(C)n1cncc1CN1CCNCC1C(=O)O. The fourth-order valence-electron chi connectivity index (χ4n) is 2.31. The molecule has 0 saturated carbocycles. The van der Waals surface area contributed by atoms with E-state index in [-0.39, 0.29) is 0 Å². The molecule has 1 aliphatic rings. The molecule has 2 N–H and O–H groups in total. The fraction of sp³-hybridized carbons (Fsp3) is 0.667. The minimum atomic E-state index is -0.766. The van der Waals surface area contributed by atoms with Crippen molar-refractivity contribution in [3.63, 3.8) is 0 Å². The van der Waals surface area contributed by atoms with Gasteiger partial charge in [0.05, 0.1) is 12.0 Å². The Morgan fingerprint density at radius 2 is 2.44 bits per heavy atom. The Morgan fingerprint density at radius 3 is 3.11 bits per heavy atom. The predicted molar refractivity (Wildman–Crippen MR) is 67.3 cm³/mol. The third-order valence-corrected chi connectivity index (χ3v) is 3.31. The highest BCUT2D eigenvalue weighted by Crippen LogP contribution is 2.14. The van der Waals surface area contributed by atoms with Crippen molar-refractivity contribution in [1.82, 2.24) is 19.8 Å². The van der Waals surface area contributed by atoms with Crippen LogP contribution in [-0.2, 0) is 11.3 Å². The third-order valence-electron chi connectivity index (χ3n) is 3.31. The van der Waals surface area contributed by atoms with Crippen molar-refractivity contribution in [2.75, 3.05) is 19.6 Å². The summed E-state index contributed by atoms with van der Waals surface area (Å²) in [6, 6.07) is -0.108. The number of piperazine rings is 1. The third kappa shape index (κ3) is 2.70. The maximum Gasteiger partial charge on any atom is 0.322 e. The first-order chi connectivity index (χ1) is 8.59. The second-order valence-corrected chi connectivity index (χ2v) is 4.91. The van der Waals surface area contributed by atoms with E-state index in [0.717, 1.165) is 18.8 Å². The number of imidazole rings is 1. The lowest BCUT2D eigenvalue weighted by atomic mass is 10.2. The zero-order valence-corrected chi connectivity index (χ0v) is 10.8. The number of hydrogen-bond acceptors (Lipinski definition) is 4. The molecule has 2 heterocycles. The minimum absolute atomic E-state index is 0.341. The van der Waals surface area contributed by atoms with Gasteiger partial charge in [-0.05, 0) is 13.8 Å². The quantitative estimate of drug-likeness (QED) is 0.807. The number of aromatic nitrogens is 2. The van der Waals surface area contributed by atoms with E-state index < -0.39 is 12.0 Å². The van der Waals surface area contributed by atoms with E-state index in [1.807, 2.05) is 11.1 Å². The van der Waals surface area contributed by atoms with Gasteiger partial charge in [-0.2, -0.15) is 0 Å². The number of hydrogen-bond donors (Lipinski definition) is 2. The highest BCUT2D eigenvalue weighted by atomic mass is 16.4. The highest BCUT2D eigenvalue weighted by Gasteiger charge is 2.28. The maximum absolute atomic E-state index is 11.2. The standard InChI is InChI=1S/C12H20N4O2/c1-9(2)16-8-14-5-10(16)7-15-4-3-13-6-11(15)12(17)18/h5,8-9,11,13H,3-4,6-7H2,1-2H3,(H,17,18). The zero-order chi connectivity index (χ0) is 13.1. The molecule has 0 spiro atoms. The Morgan fingerprint density at radius 1 is 1.67 bits per heavy atom. The van der Waals surface area contributed by atoms with Crippen LogP contribution in [0.15, 0.2) is 12.5 Å². The van der Waals surface area contributed by atoms with E-state index in [9.17, 15) is 9.90 Å². The molecule has 1 aromatic heterocycles. The van der Waals surface area contributed by atoms with Crippen molar-refractivity contribution in [1.29, 1.82) is 0 Å². The number of carboxylic acid groups (broad SMARTS) is 1. The van der Waals surface area contributed by atoms with Gasteiger partial charge in [-0.15, -0.1) is 0 Å². The molecular weight excluding hydrogens is 232 g/mol. The Bertz CT molecular complexity index is 416. The van der Waals surface area contributed by atoms with Gasteiger partial charge >= 0.3 is 5.97 Å². The van der Waals surface area contributed by atoms with Gasteiger partial charge in [0.1, 0.15) is 6.04 Å². The lowest BCUT2D eigenvalue weighted by Crippen LogP contribution is -2.54. The number of nitrogens with one attached hydrogen (secondary N) is 1. The van der Waals surface area contributed by atoms with Gasteiger partial charge in [0.25, 0.3) is 0 Å². The molecule has 18 heavy (non-hydrogen) atoms.